The van der Waals surface area contributed by atoms with Crippen molar-refractivity contribution in [2.75, 3.05) is 39.8 Å². The average Bonchev–Trinajstić information content (AvgIpc) is 3.09. The number of guanidine groups is 1. The second-order valence-corrected chi connectivity index (χ2v) is 6.30. The lowest BCUT2D eigenvalue weighted by molar-refractivity contribution is 0.194. The minimum Gasteiger partial charge on any atom is -0.349 e. The van der Waals surface area contributed by atoms with Crippen molar-refractivity contribution in [1.82, 2.24) is 29.9 Å². The Morgan fingerprint density at radius 1 is 1.19 bits per heavy atom. The van der Waals surface area contributed by atoms with Gasteiger partial charge in [0.25, 0.3) is 0 Å². The predicted molar refractivity (Wildman–Crippen MR) is 120 cm³/mol. The van der Waals surface area contributed by atoms with E-state index in [4.69, 9.17) is 0 Å². The molecule has 1 saturated heterocycles. The highest BCUT2D eigenvalue weighted by atomic mass is 127. The number of hydrogen-bond donors (Lipinski definition) is 1. The van der Waals surface area contributed by atoms with E-state index < -0.39 is 0 Å². The number of nitrogens with zero attached hydrogens (tertiary/aromatic N) is 6. The van der Waals surface area contributed by atoms with E-state index in [0.29, 0.717) is 6.54 Å². The number of hydrogen-bond acceptors (Lipinski definition) is 4. The highest BCUT2D eigenvalue weighted by Crippen LogP contribution is 2.05. The van der Waals surface area contributed by atoms with Crippen molar-refractivity contribution < 1.29 is 0 Å². The van der Waals surface area contributed by atoms with Gasteiger partial charge in [0, 0.05) is 46.8 Å². The predicted octanol–water partition coefficient (Wildman–Crippen LogP) is 1.84. The van der Waals surface area contributed by atoms with Gasteiger partial charge in [-0.15, -0.1) is 24.0 Å². The SMILES string of the molecule is CN=C(NCc1ncnn1C)N1CCN(CC=Cc2ccccc2)CC1.I. The van der Waals surface area contributed by atoms with Gasteiger partial charge in [0.05, 0.1) is 6.54 Å². The van der Waals surface area contributed by atoms with Crippen LogP contribution in [-0.2, 0) is 13.6 Å². The van der Waals surface area contributed by atoms with E-state index in [1.807, 2.05) is 20.2 Å². The van der Waals surface area contributed by atoms with Crippen LogP contribution in [0.1, 0.15) is 11.4 Å². The van der Waals surface area contributed by atoms with E-state index in [-0.39, 0.29) is 24.0 Å². The summed E-state index contributed by atoms with van der Waals surface area (Å²) in [7, 11) is 3.72. The van der Waals surface area contributed by atoms with E-state index in [0.717, 1.165) is 44.5 Å². The molecule has 1 aromatic carbocycles. The Hall–Kier alpha value is -1.94. The van der Waals surface area contributed by atoms with E-state index in [1.165, 1.54) is 5.56 Å². The molecule has 1 aliphatic rings. The van der Waals surface area contributed by atoms with Crippen LogP contribution in [0.25, 0.3) is 6.08 Å². The quantitative estimate of drug-likeness (QED) is 0.401. The first-order valence-corrected chi connectivity index (χ1v) is 8.98. The third-order valence-electron chi connectivity index (χ3n) is 4.57. The van der Waals surface area contributed by atoms with E-state index >= 15 is 0 Å². The number of rotatable bonds is 5. The van der Waals surface area contributed by atoms with Gasteiger partial charge in [-0.25, -0.2) is 4.98 Å². The number of nitrogens with one attached hydrogen (secondary N) is 1. The van der Waals surface area contributed by atoms with Gasteiger partial charge in [0.2, 0.25) is 0 Å². The van der Waals surface area contributed by atoms with Gasteiger partial charge in [-0.1, -0.05) is 42.5 Å². The van der Waals surface area contributed by atoms with Crippen LogP contribution < -0.4 is 5.32 Å². The molecule has 0 spiro atoms. The molecule has 0 unspecified atom stereocenters. The maximum Gasteiger partial charge on any atom is 0.194 e. The Bertz CT molecular complexity index is 734. The fourth-order valence-electron chi connectivity index (χ4n) is 3.01. The van der Waals surface area contributed by atoms with Gasteiger partial charge >= 0.3 is 0 Å². The van der Waals surface area contributed by atoms with Crippen LogP contribution >= 0.6 is 24.0 Å². The van der Waals surface area contributed by atoms with Crippen molar-refractivity contribution >= 4 is 36.0 Å². The first kappa shape index (κ1) is 21.4. The Kier molecular flexibility index (Phi) is 8.73. The minimum absolute atomic E-state index is 0. The van der Waals surface area contributed by atoms with Crippen molar-refractivity contribution in [1.29, 1.82) is 0 Å². The molecular formula is C19H28IN7. The van der Waals surface area contributed by atoms with Crippen molar-refractivity contribution in [3.8, 4) is 0 Å². The van der Waals surface area contributed by atoms with Crippen molar-refractivity contribution in [3.05, 3.63) is 54.1 Å². The molecule has 0 radical (unpaired) electrons. The smallest absolute Gasteiger partial charge is 0.194 e. The second-order valence-electron chi connectivity index (χ2n) is 6.30. The monoisotopic (exact) mass is 481 g/mol. The molecule has 2 heterocycles. The molecule has 146 valence electrons. The Morgan fingerprint density at radius 3 is 2.56 bits per heavy atom. The number of benzene rings is 1. The van der Waals surface area contributed by atoms with Crippen LogP contribution in [0, 0.1) is 0 Å². The third kappa shape index (κ3) is 6.31. The van der Waals surface area contributed by atoms with Crippen LogP contribution in [-0.4, -0.2) is 70.3 Å². The normalized spacial score (nSPS) is 15.8. The van der Waals surface area contributed by atoms with Crippen molar-refractivity contribution in [2.24, 2.45) is 12.0 Å². The van der Waals surface area contributed by atoms with Crippen LogP contribution in [0.4, 0.5) is 0 Å². The number of halogens is 1. The number of aliphatic imine (C=N–C) groups is 1. The summed E-state index contributed by atoms with van der Waals surface area (Å²) in [6, 6.07) is 10.4. The van der Waals surface area contributed by atoms with E-state index in [2.05, 4.69) is 66.6 Å². The molecule has 0 saturated carbocycles. The molecule has 7 nitrogen and oxygen atoms in total. The van der Waals surface area contributed by atoms with Crippen molar-refractivity contribution in [3.63, 3.8) is 0 Å². The molecule has 1 aromatic heterocycles. The van der Waals surface area contributed by atoms with Gasteiger partial charge in [-0.3, -0.25) is 14.6 Å². The summed E-state index contributed by atoms with van der Waals surface area (Å²) in [5.74, 6) is 1.82. The van der Waals surface area contributed by atoms with Gasteiger partial charge in [-0.2, -0.15) is 5.10 Å². The molecular weight excluding hydrogens is 453 g/mol. The zero-order valence-corrected chi connectivity index (χ0v) is 18.3. The summed E-state index contributed by atoms with van der Waals surface area (Å²) in [5, 5.41) is 7.47. The standard InChI is InChI=1S/C19H27N7.HI/c1-20-19(21-15-18-22-16-23-24(18)2)26-13-11-25(12-14-26)10-6-9-17-7-4-3-5-8-17;/h3-9,16H,10-15H2,1-2H3,(H,20,21);1H. The van der Waals surface area contributed by atoms with Gasteiger partial charge in [0.1, 0.15) is 12.2 Å². The third-order valence-corrected chi connectivity index (χ3v) is 4.57. The summed E-state index contributed by atoms with van der Waals surface area (Å²) in [4.78, 5) is 13.4. The van der Waals surface area contributed by atoms with Crippen LogP contribution in [0.3, 0.4) is 0 Å². The van der Waals surface area contributed by atoms with Gasteiger partial charge in [0.15, 0.2) is 5.96 Å². The zero-order chi connectivity index (χ0) is 18.2. The number of piperazine rings is 1. The summed E-state index contributed by atoms with van der Waals surface area (Å²) in [5.41, 5.74) is 1.25. The molecule has 0 atom stereocenters. The first-order chi connectivity index (χ1) is 12.8. The molecule has 1 aliphatic heterocycles. The Morgan fingerprint density at radius 2 is 1.93 bits per heavy atom. The van der Waals surface area contributed by atoms with E-state index in [9.17, 15) is 0 Å². The van der Waals surface area contributed by atoms with Crippen molar-refractivity contribution in [2.45, 2.75) is 6.54 Å². The highest BCUT2D eigenvalue weighted by molar-refractivity contribution is 14.0. The number of aryl methyl sites for hydroxylation is 1. The lowest BCUT2D eigenvalue weighted by Crippen LogP contribution is -2.52. The van der Waals surface area contributed by atoms with Crippen LogP contribution in [0.5, 0.6) is 0 Å². The minimum atomic E-state index is 0. The maximum atomic E-state index is 4.41. The summed E-state index contributed by atoms with van der Waals surface area (Å²) >= 11 is 0. The lowest BCUT2D eigenvalue weighted by Gasteiger charge is -2.36. The summed E-state index contributed by atoms with van der Waals surface area (Å²) in [6.07, 6.45) is 6.00. The maximum absolute atomic E-state index is 4.41. The molecule has 2 aromatic rings. The van der Waals surface area contributed by atoms with Crippen LogP contribution in [0.2, 0.25) is 0 Å². The Balaban J connectivity index is 0.00000261. The fourth-order valence-corrected chi connectivity index (χ4v) is 3.01. The lowest BCUT2D eigenvalue weighted by atomic mass is 10.2. The molecule has 27 heavy (non-hydrogen) atoms. The Labute approximate surface area is 178 Å². The molecule has 0 amide bonds. The topological polar surface area (TPSA) is 61.6 Å². The highest BCUT2D eigenvalue weighted by Gasteiger charge is 2.18. The average molecular weight is 481 g/mol. The van der Waals surface area contributed by atoms with Gasteiger partial charge < -0.3 is 10.2 Å². The summed E-state index contributed by atoms with van der Waals surface area (Å²) in [6.45, 7) is 5.61. The van der Waals surface area contributed by atoms with Crippen LogP contribution in [0.15, 0.2) is 47.7 Å². The zero-order valence-electron chi connectivity index (χ0n) is 16.0. The van der Waals surface area contributed by atoms with E-state index in [1.54, 1.807) is 11.0 Å². The first-order valence-electron chi connectivity index (χ1n) is 8.98. The summed E-state index contributed by atoms with van der Waals surface area (Å²) < 4.78 is 1.78. The molecule has 8 heteroatoms. The second kappa shape index (κ2) is 11.0. The molecule has 1 N–H and O–H groups in total. The molecule has 0 aliphatic carbocycles. The molecule has 1 fully saturated rings. The number of aromatic nitrogens is 3. The molecule has 3 rings (SSSR count). The largest absolute Gasteiger partial charge is 0.349 e. The molecule has 0 bridgehead atoms. The fraction of sp³-hybridized carbons (Fsp3) is 0.421. The van der Waals surface area contributed by atoms with Gasteiger partial charge in [-0.05, 0) is 5.56 Å².